The van der Waals surface area contributed by atoms with Crippen molar-refractivity contribution >= 4 is 5.69 Å². The third-order valence-corrected chi connectivity index (χ3v) is 3.42. The standard InChI is InChI=1S/C15H18N2O3/c1-10-8-13(11(2)20-10)14(16-3)9-12-6-4-5-7-15(12)17(18)19/h4-8,14,16H,9H2,1-3H3. The van der Waals surface area contributed by atoms with Gasteiger partial charge in [0.1, 0.15) is 11.5 Å². The summed E-state index contributed by atoms with van der Waals surface area (Å²) < 4.78 is 5.54. The molecular formula is C15H18N2O3. The van der Waals surface area contributed by atoms with Gasteiger partial charge < -0.3 is 9.73 Å². The molecule has 5 heteroatoms. The number of benzene rings is 1. The first-order valence-electron chi connectivity index (χ1n) is 6.49. The predicted octanol–water partition coefficient (Wildman–Crippen LogP) is 3.31. The van der Waals surface area contributed by atoms with Crippen molar-refractivity contribution < 1.29 is 9.34 Å². The molecule has 0 saturated carbocycles. The Bertz CT molecular complexity index is 619. The topological polar surface area (TPSA) is 68.3 Å². The lowest BCUT2D eigenvalue weighted by molar-refractivity contribution is -0.385. The maximum atomic E-state index is 11.1. The van der Waals surface area contributed by atoms with Crippen molar-refractivity contribution in [3.8, 4) is 0 Å². The fourth-order valence-electron chi connectivity index (χ4n) is 2.45. The van der Waals surface area contributed by atoms with Gasteiger partial charge in [0.15, 0.2) is 0 Å². The minimum atomic E-state index is -0.338. The second-order valence-corrected chi connectivity index (χ2v) is 4.80. The van der Waals surface area contributed by atoms with E-state index in [1.54, 1.807) is 12.1 Å². The van der Waals surface area contributed by atoms with Crippen LogP contribution in [0.4, 0.5) is 5.69 Å². The Morgan fingerprint density at radius 3 is 2.60 bits per heavy atom. The number of furan rings is 1. The molecule has 0 aliphatic heterocycles. The van der Waals surface area contributed by atoms with Crippen LogP contribution in [0.1, 0.15) is 28.7 Å². The fraction of sp³-hybridized carbons (Fsp3) is 0.333. The summed E-state index contributed by atoms with van der Waals surface area (Å²) in [6, 6.07) is 8.81. The number of rotatable bonds is 5. The molecule has 20 heavy (non-hydrogen) atoms. The van der Waals surface area contributed by atoms with E-state index in [0.717, 1.165) is 22.6 Å². The van der Waals surface area contributed by atoms with E-state index < -0.39 is 0 Å². The highest BCUT2D eigenvalue weighted by Gasteiger charge is 2.20. The molecular weight excluding hydrogens is 256 g/mol. The van der Waals surface area contributed by atoms with Crippen LogP contribution in [0, 0.1) is 24.0 Å². The van der Waals surface area contributed by atoms with Gasteiger partial charge in [0.05, 0.1) is 4.92 Å². The summed E-state index contributed by atoms with van der Waals surface area (Å²) in [4.78, 5) is 10.7. The predicted molar refractivity (Wildman–Crippen MR) is 76.8 cm³/mol. The average molecular weight is 274 g/mol. The Labute approximate surface area is 117 Å². The largest absolute Gasteiger partial charge is 0.466 e. The second kappa shape index (κ2) is 5.88. The summed E-state index contributed by atoms with van der Waals surface area (Å²) in [6.07, 6.45) is 0.549. The fourth-order valence-corrected chi connectivity index (χ4v) is 2.45. The summed E-state index contributed by atoms with van der Waals surface area (Å²) in [5, 5.41) is 14.3. The van der Waals surface area contributed by atoms with Crippen molar-refractivity contribution in [1.82, 2.24) is 5.32 Å². The average Bonchev–Trinajstić information content (AvgIpc) is 2.75. The monoisotopic (exact) mass is 274 g/mol. The van der Waals surface area contributed by atoms with Crippen molar-refractivity contribution in [3.05, 3.63) is 63.1 Å². The van der Waals surface area contributed by atoms with Crippen LogP contribution in [-0.4, -0.2) is 12.0 Å². The van der Waals surface area contributed by atoms with Crippen LogP contribution in [-0.2, 0) is 6.42 Å². The van der Waals surface area contributed by atoms with Crippen LogP contribution in [0.5, 0.6) is 0 Å². The van der Waals surface area contributed by atoms with E-state index in [1.807, 2.05) is 33.0 Å². The number of hydrogen-bond donors (Lipinski definition) is 1. The molecule has 1 heterocycles. The van der Waals surface area contributed by atoms with E-state index in [9.17, 15) is 10.1 Å². The van der Waals surface area contributed by atoms with E-state index in [0.29, 0.717) is 6.42 Å². The highest BCUT2D eigenvalue weighted by atomic mass is 16.6. The molecule has 0 amide bonds. The minimum Gasteiger partial charge on any atom is -0.466 e. The van der Waals surface area contributed by atoms with E-state index >= 15 is 0 Å². The van der Waals surface area contributed by atoms with E-state index in [2.05, 4.69) is 5.32 Å². The van der Waals surface area contributed by atoms with Gasteiger partial charge in [-0.3, -0.25) is 10.1 Å². The van der Waals surface area contributed by atoms with Gasteiger partial charge in [-0.15, -0.1) is 0 Å². The molecule has 0 aliphatic carbocycles. The number of likely N-dealkylation sites (N-methyl/N-ethyl adjacent to an activating group) is 1. The van der Waals surface area contributed by atoms with Gasteiger partial charge in [-0.1, -0.05) is 18.2 Å². The lowest BCUT2D eigenvalue weighted by atomic mass is 9.98. The van der Waals surface area contributed by atoms with E-state index in [4.69, 9.17) is 4.42 Å². The molecule has 1 unspecified atom stereocenters. The quantitative estimate of drug-likeness (QED) is 0.671. The third-order valence-electron chi connectivity index (χ3n) is 3.42. The highest BCUT2D eigenvalue weighted by Crippen LogP contribution is 2.28. The normalized spacial score (nSPS) is 12.3. The first-order chi connectivity index (χ1) is 9.52. The Hall–Kier alpha value is -2.14. The van der Waals surface area contributed by atoms with Gasteiger partial charge >= 0.3 is 0 Å². The molecule has 5 nitrogen and oxygen atoms in total. The first-order valence-corrected chi connectivity index (χ1v) is 6.49. The minimum absolute atomic E-state index is 0.00597. The summed E-state index contributed by atoms with van der Waals surface area (Å²) >= 11 is 0. The number of nitrogens with one attached hydrogen (secondary N) is 1. The molecule has 0 radical (unpaired) electrons. The van der Waals surface area contributed by atoms with Crippen molar-refractivity contribution in [2.24, 2.45) is 0 Å². The van der Waals surface area contributed by atoms with Crippen LogP contribution < -0.4 is 5.32 Å². The van der Waals surface area contributed by atoms with Crippen LogP contribution in [0.3, 0.4) is 0 Å². The molecule has 1 N–H and O–H groups in total. The first kappa shape index (κ1) is 14.3. The number of para-hydroxylation sites is 1. The van der Waals surface area contributed by atoms with Gasteiger partial charge in [-0.2, -0.15) is 0 Å². The summed E-state index contributed by atoms with van der Waals surface area (Å²) in [7, 11) is 1.85. The number of aryl methyl sites for hydroxylation is 2. The molecule has 1 aromatic carbocycles. The van der Waals surface area contributed by atoms with Gasteiger partial charge in [0.2, 0.25) is 0 Å². The van der Waals surface area contributed by atoms with Crippen molar-refractivity contribution in [1.29, 1.82) is 0 Å². The molecule has 0 saturated heterocycles. The van der Waals surface area contributed by atoms with E-state index in [1.165, 1.54) is 6.07 Å². The van der Waals surface area contributed by atoms with Crippen LogP contribution >= 0.6 is 0 Å². The molecule has 1 aromatic heterocycles. The maximum absolute atomic E-state index is 11.1. The molecule has 0 bridgehead atoms. The Balaban J connectivity index is 2.32. The van der Waals surface area contributed by atoms with Crippen molar-refractivity contribution in [2.45, 2.75) is 26.3 Å². The van der Waals surface area contributed by atoms with Crippen LogP contribution in [0.2, 0.25) is 0 Å². The molecule has 0 spiro atoms. The maximum Gasteiger partial charge on any atom is 0.272 e. The molecule has 1 atom stereocenters. The number of nitro benzene ring substituents is 1. The third kappa shape index (κ3) is 2.88. The highest BCUT2D eigenvalue weighted by molar-refractivity contribution is 5.41. The number of hydrogen-bond acceptors (Lipinski definition) is 4. The Morgan fingerprint density at radius 2 is 2.05 bits per heavy atom. The molecule has 2 aromatic rings. The van der Waals surface area contributed by atoms with Gasteiger partial charge in [-0.05, 0) is 33.4 Å². The van der Waals surface area contributed by atoms with Gasteiger partial charge in [0.25, 0.3) is 5.69 Å². The summed E-state index contributed by atoms with van der Waals surface area (Å²) in [5.74, 6) is 1.70. The lowest BCUT2D eigenvalue weighted by Crippen LogP contribution is -2.19. The molecule has 0 fully saturated rings. The molecule has 106 valence electrons. The number of nitrogens with zero attached hydrogens (tertiary/aromatic N) is 1. The lowest BCUT2D eigenvalue weighted by Gasteiger charge is -2.15. The zero-order valence-electron chi connectivity index (χ0n) is 11.8. The second-order valence-electron chi connectivity index (χ2n) is 4.80. The Kier molecular flexibility index (Phi) is 4.20. The van der Waals surface area contributed by atoms with Crippen LogP contribution in [0.25, 0.3) is 0 Å². The zero-order chi connectivity index (χ0) is 14.7. The molecule has 2 rings (SSSR count). The van der Waals surface area contributed by atoms with E-state index in [-0.39, 0.29) is 16.7 Å². The summed E-state index contributed by atoms with van der Waals surface area (Å²) in [5.41, 5.74) is 1.92. The van der Waals surface area contributed by atoms with Gasteiger partial charge in [-0.25, -0.2) is 0 Å². The van der Waals surface area contributed by atoms with Crippen molar-refractivity contribution in [2.75, 3.05) is 7.05 Å². The zero-order valence-corrected chi connectivity index (χ0v) is 11.8. The molecule has 0 aliphatic rings. The number of nitro groups is 1. The van der Waals surface area contributed by atoms with Crippen LogP contribution in [0.15, 0.2) is 34.7 Å². The SMILES string of the molecule is CNC(Cc1ccccc1[N+](=O)[O-])c1cc(C)oc1C. The summed E-state index contributed by atoms with van der Waals surface area (Å²) in [6.45, 7) is 3.81. The van der Waals surface area contributed by atoms with Gasteiger partial charge in [0, 0.05) is 23.2 Å². The Morgan fingerprint density at radius 1 is 1.35 bits per heavy atom. The smallest absolute Gasteiger partial charge is 0.272 e. The van der Waals surface area contributed by atoms with Crippen molar-refractivity contribution in [3.63, 3.8) is 0 Å².